The lowest BCUT2D eigenvalue weighted by Gasteiger charge is -2.32. The third-order valence-electron chi connectivity index (χ3n) is 3.76. The van der Waals surface area contributed by atoms with Gasteiger partial charge in [0.25, 0.3) is 0 Å². The van der Waals surface area contributed by atoms with E-state index in [0.29, 0.717) is 19.5 Å². The smallest absolute Gasteiger partial charge is 0.317 e. The molecule has 1 aliphatic heterocycles. The number of hydrogen-bond acceptors (Lipinski definition) is 3. The number of rotatable bonds is 5. The van der Waals surface area contributed by atoms with Crippen molar-refractivity contribution in [3.63, 3.8) is 0 Å². The molecule has 1 unspecified atom stereocenters. The number of piperidine rings is 1. The molecule has 0 radical (unpaired) electrons. The van der Waals surface area contributed by atoms with Crippen LogP contribution >= 0.6 is 0 Å². The van der Waals surface area contributed by atoms with Crippen molar-refractivity contribution in [2.75, 3.05) is 13.1 Å². The van der Waals surface area contributed by atoms with Gasteiger partial charge in [0.1, 0.15) is 0 Å². The van der Waals surface area contributed by atoms with Crippen LogP contribution in [-0.4, -0.2) is 44.9 Å². The van der Waals surface area contributed by atoms with E-state index in [1.54, 1.807) is 9.58 Å². The van der Waals surface area contributed by atoms with Crippen LogP contribution in [0.15, 0.2) is 12.3 Å². The van der Waals surface area contributed by atoms with Gasteiger partial charge in [-0.3, -0.25) is 9.48 Å². The number of nitrogens with zero attached hydrogens (tertiary/aromatic N) is 3. The summed E-state index contributed by atoms with van der Waals surface area (Å²) >= 11 is 0. The van der Waals surface area contributed by atoms with Gasteiger partial charge >= 0.3 is 12.0 Å². The second-order valence-electron chi connectivity index (χ2n) is 5.53. The van der Waals surface area contributed by atoms with Crippen LogP contribution in [0.4, 0.5) is 4.79 Å². The van der Waals surface area contributed by atoms with E-state index < -0.39 is 5.97 Å². The minimum Gasteiger partial charge on any atom is -0.481 e. The van der Waals surface area contributed by atoms with E-state index in [1.165, 1.54) is 0 Å². The zero-order valence-electron chi connectivity index (χ0n) is 12.3. The van der Waals surface area contributed by atoms with Crippen molar-refractivity contribution >= 4 is 12.0 Å². The van der Waals surface area contributed by atoms with Crippen LogP contribution in [0.5, 0.6) is 0 Å². The van der Waals surface area contributed by atoms with Crippen LogP contribution in [0.1, 0.15) is 31.4 Å². The normalized spacial score (nSPS) is 18.5. The minimum atomic E-state index is -0.772. The maximum absolute atomic E-state index is 12.1. The molecule has 1 saturated heterocycles. The van der Waals surface area contributed by atoms with Crippen LogP contribution in [0.2, 0.25) is 0 Å². The number of carboxylic acid groups (broad SMARTS) is 1. The number of carboxylic acids is 1. The zero-order chi connectivity index (χ0) is 15.2. The predicted molar refractivity (Wildman–Crippen MR) is 76.6 cm³/mol. The molecule has 7 heteroatoms. The molecule has 2 rings (SSSR count). The van der Waals surface area contributed by atoms with Gasteiger partial charge in [-0.2, -0.15) is 5.10 Å². The first kappa shape index (κ1) is 15.3. The van der Waals surface area contributed by atoms with Gasteiger partial charge in [-0.1, -0.05) is 0 Å². The van der Waals surface area contributed by atoms with Crippen molar-refractivity contribution in [3.8, 4) is 0 Å². The van der Waals surface area contributed by atoms with Crippen molar-refractivity contribution in [2.45, 2.75) is 32.2 Å². The van der Waals surface area contributed by atoms with Crippen molar-refractivity contribution in [3.05, 3.63) is 18.0 Å². The molecule has 1 aliphatic rings. The summed E-state index contributed by atoms with van der Waals surface area (Å²) < 4.78 is 1.70. The molecule has 0 bridgehead atoms. The van der Waals surface area contributed by atoms with E-state index in [2.05, 4.69) is 10.4 Å². The lowest BCUT2D eigenvalue weighted by molar-refractivity contribution is -0.137. The lowest BCUT2D eigenvalue weighted by atomic mass is 9.93. The van der Waals surface area contributed by atoms with Gasteiger partial charge in [0.2, 0.25) is 0 Å². The van der Waals surface area contributed by atoms with Gasteiger partial charge in [-0.05, 0) is 31.2 Å². The average Bonchev–Trinajstić information content (AvgIpc) is 2.88. The molecular formula is C14H22N4O3. The highest BCUT2D eigenvalue weighted by molar-refractivity contribution is 5.74. The van der Waals surface area contributed by atoms with Gasteiger partial charge in [-0.15, -0.1) is 0 Å². The molecule has 0 saturated carbocycles. The molecular weight excluding hydrogens is 272 g/mol. The molecule has 0 aromatic carbocycles. The number of aromatic nitrogens is 2. The number of aryl methyl sites for hydroxylation is 1. The molecule has 1 fully saturated rings. The Bertz CT molecular complexity index is 500. The molecule has 2 amide bonds. The summed E-state index contributed by atoms with van der Waals surface area (Å²) in [6.07, 6.45) is 4.58. The first-order valence-electron chi connectivity index (χ1n) is 7.27. The van der Waals surface area contributed by atoms with Crippen LogP contribution in [0, 0.1) is 5.92 Å². The van der Waals surface area contributed by atoms with E-state index in [-0.39, 0.29) is 18.4 Å². The van der Waals surface area contributed by atoms with Crippen LogP contribution < -0.4 is 5.32 Å². The van der Waals surface area contributed by atoms with Gasteiger partial charge in [0, 0.05) is 32.8 Å². The fourth-order valence-corrected chi connectivity index (χ4v) is 2.65. The number of urea groups is 1. The Morgan fingerprint density at radius 2 is 2.33 bits per heavy atom. The first-order valence-corrected chi connectivity index (χ1v) is 7.27. The monoisotopic (exact) mass is 294 g/mol. The second kappa shape index (κ2) is 7.10. The number of amides is 2. The summed E-state index contributed by atoms with van der Waals surface area (Å²) in [7, 11) is 1.84. The highest BCUT2D eigenvalue weighted by Crippen LogP contribution is 2.21. The summed E-state index contributed by atoms with van der Waals surface area (Å²) in [5.74, 6) is -0.484. The summed E-state index contributed by atoms with van der Waals surface area (Å²) in [5.41, 5.74) is 0.824. The predicted octanol–water partition coefficient (Wildman–Crippen LogP) is 1.21. The third kappa shape index (κ3) is 4.77. The van der Waals surface area contributed by atoms with Gasteiger partial charge in [-0.25, -0.2) is 4.79 Å². The molecule has 0 aliphatic carbocycles. The number of nitrogens with one attached hydrogen (secondary N) is 1. The largest absolute Gasteiger partial charge is 0.481 e. The van der Waals surface area contributed by atoms with E-state index in [0.717, 1.165) is 25.1 Å². The van der Waals surface area contributed by atoms with Crippen molar-refractivity contribution in [1.82, 2.24) is 20.0 Å². The molecule has 0 spiro atoms. The average molecular weight is 294 g/mol. The van der Waals surface area contributed by atoms with Crippen molar-refractivity contribution < 1.29 is 14.7 Å². The second-order valence-corrected chi connectivity index (χ2v) is 5.53. The van der Waals surface area contributed by atoms with E-state index in [9.17, 15) is 9.59 Å². The first-order chi connectivity index (χ1) is 10.0. The quantitative estimate of drug-likeness (QED) is 0.854. The zero-order valence-corrected chi connectivity index (χ0v) is 12.3. The van der Waals surface area contributed by atoms with Gasteiger partial charge < -0.3 is 15.3 Å². The van der Waals surface area contributed by atoms with Gasteiger partial charge in [0.15, 0.2) is 0 Å². The Kier molecular flexibility index (Phi) is 5.19. The Morgan fingerprint density at radius 1 is 1.52 bits per heavy atom. The van der Waals surface area contributed by atoms with Crippen LogP contribution in [-0.2, 0) is 18.4 Å². The Hall–Kier alpha value is -2.05. The fraction of sp³-hybridized carbons (Fsp3) is 0.643. The summed E-state index contributed by atoms with van der Waals surface area (Å²) in [6, 6.07) is 1.77. The van der Waals surface area contributed by atoms with Crippen LogP contribution in [0.3, 0.4) is 0 Å². The minimum absolute atomic E-state index is 0.0966. The highest BCUT2D eigenvalue weighted by Gasteiger charge is 2.23. The van der Waals surface area contributed by atoms with Crippen molar-refractivity contribution in [2.24, 2.45) is 13.0 Å². The maximum Gasteiger partial charge on any atom is 0.317 e. The molecule has 7 nitrogen and oxygen atoms in total. The lowest BCUT2D eigenvalue weighted by Crippen LogP contribution is -2.45. The Balaban J connectivity index is 1.77. The third-order valence-corrected chi connectivity index (χ3v) is 3.76. The summed E-state index contributed by atoms with van der Waals surface area (Å²) in [6.45, 7) is 1.79. The number of aliphatic carboxylic acids is 1. The fourth-order valence-electron chi connectivity index (χ4n) is 2.65. The molecule has 21 heavy (non-hydrogen) atoms. The van der Waals surface area contributed by atoms with E-state index in [4.69, 9.17) is 5.11 Å². The molecule has 1 atom stereocenters. The molecule has 2 heterocycles. The number of hydrogen-bond donors (Lipinski definition) is 2. The van der Waals surface area contributed by atoms with E-state index >= 15 is 0 Å². The maximum atomic E-state index is 12.1. The Labute approximate surface area is 123 Å². The number of carbonyl (C=O) groups excluding carboxylic acids is 1. The summed E-state index contributed by atoms with van der Waals surface area (Å²) in [5, 5.41) is 15.8. The van der Waals surface area contributed by atoms with Crippen LogP contribution in [0.25, 0.3) is 0 Å². The highest BCUT2D eigenvalue weighted by atomic mass is 16.4. The SMILES string of the molecule is Cn1ccc(CNC(=O)N2CCCC(CCC(=O)O)C2)n1. The number of likely N-dealkylation sites (tertiary alicyclic amines) is 1. The molecule has 1 aromatic heterocycles. The van der Waals surface area contributed by atoms with Gasteiger partial charge in [0.05, 0.1) is 12.2 Å². The number of carbonyl (C=O) groups is 2. The van der Waals surface area contributed by atoms with E-state index in [1.807, 2.05) is 19.3 Å². The molecule has 116 valence electrons. The molecule has 1 aromatic rings. The Morgan fingerprint density at radius 3 is 3.00 bits per heavy atom. The summed E-state index contributed by atoms with van der Waals surface area (Å²) in [4.78, 5) is 24.5. The standard InChI is InChI=1S/C14H22N4O3/c1-17-8-6-12(16-17)9-15-14(21)18-7-2-3-11(10-18)4-5-13(19)20/h6,8,11H,2-5,7,9-10H2,1H3,(H,15,21)(H,19,20). The topological polar surface area (TPSA) is 87.5 Å². The molecule has 2 N–H and O–H groups in total. The van der Waals surface area contributed by atoms with Crippen molar-refractivity contribution in [1.29, 1.82) is 0 Å².